The minimum Gasteiger partial charge on any atom is -0.298 e. The van der Waals surface area contributed by atoms with Gasteiger partial charge < -0.3 is 0 Å². The van der Waals surface area contributed by atoms with Crippen molar-refractivity contribution < 1.29 is 4.92 Å². The van der Waals surface area contributed by atoms with E-state index in [1.807, 2.05) is 22.8 Å². The highest BCUT2D eigenvalue weighted by Gasteiger charge is 2.17. The van der Waals surface area contributed by atoms with Crippen LogP contribution in [0.4, 0.5) is 5.69 Å². The molecule has 0 aliphatic carbocycles. The van der Waals surface area contributed by atoms with Crippen LogP contribution < -0.4 is 0 Å². The maximum atomic E-state index is 10.8. The first kappa shape index (κ1) is 17.9. The molecule has 0 unspecified atom stereocenters. The molecule has 0 N–H and O–H groups in total. The number of allylic oxidation sites excluding steroid dienone is 1. The fraction of sp³-hybridized carbons (Fsp3) is 0.158. The van der Waals surface area contributed by atoms with Crippen molar-refractivity contribution >= 4 is 17.4 Å². The van der Waals surface area contributed by atoms with Crippen LogP contribution in [0.2, 0.25) is 0 Å². The summed E-state index contributed by atoms with van der Waals surface area (Å²) in [5, 5.41) is 20.5. The van der Waals surface area contributed by atoms with Crippen molar-refractivity contribution in [1.82, 2.24) is 14.8 Å². The molecule has 1 aromatic heterocycles. The van der Waals surface area contributed by atoms with Crippen LogP contribution in [0.25, 0.3) is 11.4 Å². The van der Waals surface area contributed by atoms with Crippen molar-refractivity contribution in [3.05, 3.63) is 82.9 Å². The zero-order valence-corrected chi connectivity index (χ0v) is 15.1. The van der Waals surface area contributed by atoms with Crippen LogP contribution in [-0.4, -0.2) is 19.7 Å². The van der Waals surface area contributed by atoms with Gasteiger partial charge >= 0.3 is 0 Å². The summed E-state index contributed by atoms with van der Waals surface area (Å²) < 4.78 is 1.97. The second-order valence-corrected chi connectivity index (χ2v) is 6.99. The molecule has 0 bridgehead atoms. The number of aromatic nitrogens is 3. The fourth-order valence-corrected chi connectivity index (χ4v) is 3.55. The molecule has 1 atom stereocenters. The first-order chi connectivity index (χ1) is 12.6. The third-order valence-corrected chi connectivity index (χ3v) is 5.05. The number of thioether (sulfide) groups is 1. The smallest absolute Gasteiger partial charge is 0.269 e. The summed E-state index contributed by atoms with van der Waals surface area (Å²) in [6.45, 7) is 6.49. The van der Waals surface area contributed by atoms with Crippen LogP contribution in [0.15, 0.2) is 72.4 Å². The molecule has 0 fully saturated rings. The third-order valence-electron chi connectivity index (χ3n) is 3.92. The molecule has 3 rings (SSSR count). The van der Waals surface area contributed by atoms with E-state index in [0.717, 1.165) is 10.7 Å². The van der Waals surface area contributed by atoms with E-state index in [2.05, 4.69) is 35.8 Å². The van der Waals surface area contributed by atoms with E-state index in [4.69, 9.17) is 0 Å². The van der Waals surface area contributed by atoms with Crippen molar-refractivity contribution in [2.45, 2.75) is 23.9 Å². The molecular formula is C19H18N4O2S. The first-order valence-corrected chi connectivity index (χ1v) is 8.98. The predicted molar refractivity (Wildman–Crippen MR) is 103 cm³/mol. The van der Waals surface area contributed by atoms with Gasteiger partial charge in [0.1, 0.15) is 0 Å². The highest BCUT2D eigenvalue weighted by Crippen LogP contribution is 2.35. The Morgan fingerprint density at radius 1 is 1.19 bits per heavy atom. The Labute approximate surface area is 155 Å². The molecule has 7 heteroatoms. The van der Waals surface area contributed by atoms with Crippen molar-refractivity contribution in [3.8, 4) is 11.4 Å². The van der Waals surface area contributed by atoms with Gasteiger partial charge in [0.2, 0.25) is 0 Å². The Hall–Kier alpha value is -2.93. The quantitative estimate of drug-likeness (QED) is 0.257. The molecule has 2 aromatic carbocycles. The average Bonchev–Trinajstić information content (AvgIpc) is 3.05. The Morgan fingerprint density at radius 2 is 1.88 bits per heavy atom. The number of nitro benzene ring substituents is 1. The lowest BCUT2D eigenvalue weighted by molar-refractivity contribution is -0.384. The van der Waals surface area contributed by atoms with Gasteiger partial charge in [0.25, 0.3) is 5.69 Å². The molecular weight excluding hydrogens is 348 g/mol. The van der Waals surface area contributed by atoms with E-state index in [0.29, 0.717) is 12.4 Å². The topological polar surface area (TPSA) is 73.8 Å². The van der Waals surface area contributed by atoms with Crippen LogP contribution in [0.3, 0.4) is 0 Å². The Balaban J connectivity index is 1.90. The maximum Gasteiger partial charge on any atom is 0.269 e. The number of nitro groups is 1. The zero-order chi connectivity index (χ0) is 18.5. The third kappa shape index (κ3) is 3.83. The molecule has 0 amide bonds. The lowest BCUT2D eigenvalue weighted by Gasteiger charge is -2.12. The molecule has 1 heterocycles. The number of hydrogen-bond acceptors (Lipinski definition) is 5. The van der Waals surface area contributed by atoms with Crippen molar-refractivity contribution in [3.63, 3.8) is 0 Å². The van der Waals surface area contributed by atoms with Gasteiger partial charge in [-0.25, -0.2) is 0 Å². The molecule has 0 saturated carbocycles. The molecule has 0 spiro atoms. The summed E-state index contributed by atoms with van der Waals surface area (Å²) in [7, 11) is 0. The first-order valence-electron chi connectivity index (χ1n) is 8.10. The minimum atomic E-state index is -0.416. The summed E-state index contributed by atoms with van der Waals surface area (Å²) in [5.41, 5.74) is 2.04. The number of hydrogen-bond donors (Lipinski definition) is 0. The monoisotopic (exact) mass is 366 g/mol. The van der Waals surface area contributed by atoms with Crippen LogP contribution in [0, 0.1) is 10.1 Å². The average molecular weight is 366 g/mol. The Bertz CT molecular complexity index is 907. The van der Waals surface area contributed by atoms with Gasteiger partial charge in [0.05, 0.1) is 4.92 Å². The van der Waals surface area contributed by atoms with Gasteiger partial charge in [-0.05, 0) is 24.6 Å². The van der Waals surface area contributed by atoms with Gasteiger partial charge in [0, 0.05) is 29.5 Å². The Morgan fingerprint density at radius 3 is 2.50 bits per heavy atom. The second kappa shape index (κ2) is 7.97. The van der Waals surface area contributed by atoms with Gasteiger partial charge in [-0.1, -0.05) is 48.2 Å². The van der Waals surface area contributed by atoms with Crippen LogP contribution in [-0.2, 0) is 6.54 Å². The van der Waals surface area contributed by atoms with Crippen molar-refractivity contribution in [2.75, 3.05) is 0 Å². The standard InChI is InChI=1S/C19H18N4O2S/c1-3-13-22-18(16-9-11-17(12-10-16)23(24)25)20-21-19(22)26-14(2)15-7-5-4-6-8-15/h3-12,14H,1,13H2,2H3/t14-/m0/s1. The van der Waals surface area contributed by atoms with E-state index in [-0.39, 0.29) is 10.9 Å². The van der Waals surface area contributed by atoms with Gasteiger partial charge in [0.15, 0.2) is 11.0 Å². The Kier molecular flexibility index (Phi) is 5.48. The highest BCUT2D eigenvalue weighted by atomic mass is 32.2. The summed E-state index contributed by atoms with van der Waals surface area (Å²) in [6.07, 6.45) is 1.79. The number of rotatable bonds is 7. The maximum absolute atomic E-state index is 10.8. The number of nitrogens with zero attached hydrogens (tertiary/aromatic N) is 4. The van der Waals surface area contributed by atoms with E-state index in [1.54, 1.807) is 30.0 Å². The van der Waals surface area contributed by atoms with E-state index >= 15 is 0 Å². The normalized spacial score (nSPS) is 11.9. The summed E-state index contributed by atoms with van der Waals surface area (Å²) in [6, 6.07) is 16.5. The van der Waals surface area contributed by atoms with Crippen LogP contribution in [0.1, 0.15) is 17.7 Å². The zero-order valence-electron chi connectivity index (χ0n) is 14.3. The minimum absolute atomic E-state index is 0.0517. The van der Waals surface area contributed by atoms with Crippen LogP contribution >= 0.6 is 11.8 Å². The summed E-state index contributed by atoms with van der Waals surface area (Å²) in [4.78, 5) is 10.4. The fourth-order valence-electron chi connectivity index (χ4n) is 2.57. The van der Waals surface area contributed by atoms with E-state index in [1.165, 1.54) is 17.7 Å². The second-order valence-electron chi connectivity index (χ2n) is 5.68. The molecule has 132 valence electrons. The lowest BCUT2D eigenvalue weighted by atomic mass is 10.2. The van der Waals surface area contributed by atoms with Crippen molar-refractivity contribution in [1.29, 1.82) is 0 Å². The SMILES string of the molecule is C=CCn1c(S[C@@H](C)c2ccccc2)nnc1-c1ccc([N+](=O)[O-])cc1. The summed E-state index contributed by atoms with van der Waals surface area (Å²) >= 11 is 1.62. The highest BCUT2D eigenvalue weighted by molar-refractivity contribution is 7.99. The van der Waals surface area contributed by atoms with Gasteiger partial charge in [-0.2, -0.15) is 0 Å². The summed E-state index contributed by atoms with van der Waals surface area (Å²) in [5.74, 6) is 0.669. The van der Waals surface area contributed by atoms with E-state index < -0.39 is 4.92 Å². The van der Waals surface area contributed by atoms with Crippen molar-refractivity contribution in [2.24, 2.45) is 0 Å². The molecule has 6 nitrogen and oxygen atoms in total. The molecule has 0 aliphatic rings. The molecule has 0 aliphatic heterocycles. The van der Waals surface area contributed by atoms with Crippen LogP contribution in [0.5, 0.6) is 0 Å². The largest absolute Gasteiger partial charge is 0.298 e. The van der Waals surface area contributed by atoms with E-state index in [9.17, 15) is 10.1 Å². The number of benzene rings is 2. The molecule has 26 heavy (non-hydrogen) atoms. The predicted octanol–water partition coefficient (Wildman–Crippen LogP) is 4.89. The molecule has 0 radical (unpaired) electrons. The molecule has 0 saturated heterocycles. The molecule has 3 aromatic rings. The lowest BCUT2D eigenvalue weighted by Crippen LogP contribution is -2.01. The van der Waals surface area contributed by atoms with Gasteiger partial charge in [-0.3, -0.25) is 14.7 Å². The number of non-ortho nitro benzene ring substituents is 1. The van der Waals surface area contributed by atoms with Gasteiger partial charge in [-0.15, -0.1) is 16.8 Å².